The molecule has 14 nitrogen and oxygen atoms in total. The van der Waals surface area contributed by atoms with Gasteiger partial charge in [-0.05, 0) is 89.9 Å². The van der Waals surface area contributed by atoms with E-state index in [0.29, 0.717) is 12.8 Å². The molecule has 0 bridgehead atoms. The minimum Gasteiger partial charge on any atom is -0.394 e. The van der Waals surface area contributed by atoms with Gasteiger partial charge < -0.3 is 65.1 Å². The average Bonchev–Trinajstić information content (AvgIpc) is 0.799. The minimum atomic E-state index is -1.80. The van der Waals surface area contributed by atoms with Gasteiger partial charge in [0.25, 0.3) is 0 Å². The highest BCUT2D eigenvalue weighted by Crippen LogP contribution is 2.30. The molecule has 0 aromatic heterocycles. The first-order valence-corrected chi connectivity index (χ1v) is 40.6. The summed E-state index contributed by atoms with van der Waals surface area (Å²) in [6.45, 7) is 2.70. The van der Waals surface area contributed by atoms with Crippen molar-refractivity contribution in [2.24, 2.45) is 0 Å². The van der Waals surface area contributed by atoms with Crippen molar-refractivity contribution in [3.63, 3.8) is 0 Å². The van der Waals surface area contributed by atoms with Gasteiger partial charge in [0.15, 0.2) is 12.6 Å². The summed E-state index contributed by atoms with van der Waals surface area (Å²) in [4.78, 5) is 13.4. The van der Waals surface area contributed by atoms with Gasteiger partial charge in [-0.1, -0.05) is 342 Å². The van der Waals surface area contributed by atoms with Crippen LogP contribution in [-0.4, -0.2) is 140 Å². The van der Waals surface area contributed by atoms with Crippen molar-refractivity contribution in [1.29, 1.82) is 0 Å². The van der Waals surface area contributed by atoms with E-state index in [9.17, 15) is 45.6 Å². The first kappa shape index (κ1) is 91.7. The van der Waals surface area contributed by atoms with Crippen LogP contribution in [0.15, 0.2) is 109 Å². The number of nitrogens with one attached hydrogen (secondary N) is 1. The average molecular weight is 1390 g/mol. The highest BCUT2D eigenvalue weighted by atomic mass is 16.7. The molecule has 14 heteroatoms. The maximum absolute atomic E-state index is 13.4. The van der Waals surface area contributed by atoms with Crippen molar-refractivity contribution in [3.05, 3.63) is 109 Å². The topological polar surface area (TPSA) is 228 Å². The fourth-order valence-electron chi connectivity index (χ4n) is 12.8. The summed E-state index contributed by atoms with van der Waals surface area (Å²) in [6, 6.07) is -0.941. The third kappa shape index (κ3) is 50.7. The lowest BCUT2D eigenvalue weighted by Crippen LogP contribution is -2.65. The quantitative estimate of drug-likeness (QED) is 0.0204. The van der Waals surface area contributed by atoms with Crippen molar-refractivity contribution >= 4 is 5.91 Å². The summed E-state index contributed by atoms with van der Waals surface area (Å²) in [6.07, 6.45) is 81.7. The number of rotatable bonds is 67. The molecular weight excluding hydrogens is 1240 g/mol. The van der Waals surface area contributed by atoms with E-state index in [1.807, 2.05) is 6.08 Å². The second-order valence-corrected chi connectivity index (χ2v) is 28.2. The number of carbonyl (C=O) groups is 1. The monoisotopic (exact) mass is 1390 g/mol. The lowest BCUT2D eigenvalue weighted by molar-refractivity contribution is -0.359. The predicted octanol–water partition coefficient (Wildman–Crippen LogP) is 18.6. The van der Waals surface area contributed by atoms with Gasteiger partial charge in [-0.15, -0.1) is 0 Å². The third-order valence-corrected chi connectivity index (χ3v) is 19.2. The number of amides is 1. The van der Waals surface area contributed by atoms with Crippen LogP contribution in [0.4, 0.5) is 0 Å². The fraction of sp³-hybridized carbons (Fsp3) is 0.776. The van der Waals surface area contributed by atoms with Gasteiger partial charge >= 0.3 is 0 Å². The first-order chi connectivity index (χ1) is 48.6. The smallest absolute Gasteiger partial charge is 0.220 e. The van der Waals surface area contributed by atoms with E-state index in [1.165, 1.54) is 212 Å². The molecule has 2 rings (SSSR count). The molecule has 2 aliphatic heterocycles. The van der Waals surface area contributed by atoms with Gasteiger partial charge in [-0.2, -0.15) is 0 Å². The standard InChI is InChI=1S/C85H149NO13/c1-3-5-7-9-11-13-15-17-19-21-23-25-27-29-31-33-35-36-37-38-39-41-43-45-47-49-51-53-55-57-59-61-63-65-67-69-77(90)86-73(72-96-84-82(95)80(93)83(76(71-88)98-84)99-85-81(94)79(92)78(91)75(70-87)97-85)74(89)68-66-64-62-60-58-56-54-52-50-48-46-44-42-40-34-32-30-28-26-24-22-20-18-16-14-12-10-8-6-4-2/h5,7,11,13,17,19,23,25,29,31,35-36,38-39,58,60,66,68,73-76,78-85,87-89,91-95H,3-4,6,8-10,12,14-16,18,20-22,24,26-28,30,32-34,37,40-57,59,61-65,67,69-72H2,1-2H3,(H,86,90)/b7-5-,13-11-,19-17-,25-23-,31-29-,36-35-,39-38-,60-58+,68-66+. The van der Waals surface area contributed by atoms with Crippen molar-refractivity contribution < 1.29 is 64.6 Å². The summed E-state index contributed by atoms with van der Waals surface area (Å²) in [5, 5.41) is 87.7. The molecule has 2 aliphatic rings. The van der Waals surface area contributed by atoms with E-state index in [1.54, 1.807) is 6.08 Å². The van der Waals surface area contributed by atoms with Crippen LogP contribution in [0.25, 0.3) is 0 Å². The molecule has 2 heterocycles. The summed E-state index contributed by atoms with van der Waals surface area (Å²) in [7, 11) is 0. The normalized spacial score (nSPS) is 22.5. The number of aliphatic hydroxyl groups excluding tert-OH is 8. The molecule has 12 atom stereocenters. The maximum Gasteiger partial charge on any atom is 0.220 e. The van der Waals surface area contributed by atoms with Crippen LogP contribution in [0.1, 0.15) is 328 Å². The molecule has 572 valence electrons. The van der Waals surface area contributed by atoms with Crippen LogP contribution in [0.5, 0.6) is 0 Å². The van der Waals surface area contributed by atoms with Gasteiger partial charge in [0.05, 0.1) is 32.0 Å². The lowest BCUT2D eigenvalue weighted by Gasteiger charge is -2.46. The maximum atomic E-state index is 13.4. The molecule has 1 amide bonds. The van der Waals surface area contributed by atoms with Crippen LogP contribution in [0.2, 0.25) is 0 Å². The molecule has 0 aliphatic carbocycles. The van der Waals surface area contributed by atoms with Crippen LogP contribution >= 0.6 is 0 Å². The lowest BCUT2D eigenvalue weighted by atomic mass is 9.97. The molecule has 2 saturated heterocycles. The van der Waals surface area contributed by atoms with Crippen LogP contribution in [0.3, 0.4) is 0 Å². The highest BCUT2D eigenvalue weighted by Gasteiger charge is 2.51. The van der Waals surface area contributed by atoms with Gasteiger partial charge in [-0.25, -0.2) is 0 Å². The second kappa shape index (κ2) is 67.8. The van der Waals surface area contributed by atoms with Gasteiger partial charge in [-0.3, -0.25) is 4.79 Å². The fourth-order valence-corrected chi connectivity index (χ4v) is 12.8. The van der Waals surface area contributed by atoms with E-state index < -0.39 is 86.8 Å². The SMILES string of the molecule is CC/C=C\C/C=C\C/C=C\C/C=C\C/C=C\C/C=C\C/C=C\CCCCCCCCCCCCCCCC(=O)NC(COC1OC(CO)C(OC2OC(CO)C(O)C(O)C2O)C(O)C1O)C(O)/C=C/CC/C=C/CCCCCCCCCCCCCCCCCCCCCCCCCC. The molecule has 0 aromatic carbocycles. The molecule has 0 aromatic rings. The van der Waals surface area contributed by atoms with Gasteiger partial charge in [0.1, 0.15) is 48.8 Å². The van der Waals surface area contributed by atoms with Crippen LogP contribution in [0, 0.1) is 0 Å². The first-order valence-electron chi connectivity index (χ1n) is 40.6. The number of carbonyl (C=O) groups excluding carboxylic acids is 1. The molecule has 2 fully saturated rings. The molecule has 9 N–H and O–H groups in total. The number of aliphatic hydroxyl groups is 8. The Bertz CT molecular complexity index is 2080. The molecule has 0 radical (unpaired) electrons. The predicted molar refractivity (Wildman–Crippen MR) is 410 cm³/mol. The molecule has 0 saturated carbocycles. The van der Waals surface area contributed by atoms with E-state index in [-0.39, 0.29) is 18.9 Å². The summed E-state index contributed by atoms with van der Waals surface area (Å²) in [5.74, 6) is -0.251. The van der Waals surface area contributed by atoms with Gasteiger partial charge in [0, 0.05) is 6.42 Å². The number of hydrogen-bond acceptors (Lipinski definition) is 13. The second-order valence-electron chi connectivity index (χ2n) is 28.2. The van der Waals surface area contributed by atoms with Gasteiger partial charge in [0.2, 0.25) is 5.91 Å². The Kier molecular flexibility index (Phi) is 62.8. The summed E-state index contributed by atoms with van der Waals surface area (Å²) < 4.78 is 22.9. The van der Waals surface area contributed by atoms with Crippen molar-refractivity contribution in [2.75, 3.05) is 19.8 Å². The minimum absolute atomic E-state index is 0.251. The third-order valence-electron chi connectivity index (χ3n) is 19.2. The highest BCUT2D eigenvalue weighted by molar-refractivity contribution is 5.76. The molecule has 99 heavy (non-hydrogen) atoms. The Labute approximate surface area is 604 Å². The van der Waals surface area contributed by atoms with E-state index >= 15 is 0 Å². The molecule has 0 spiro atoms. The Balaban J connectivity index is 1.63. The van der Waals surface area contributed by atoms with Crippen molar-refractivity contribution in [1.82, 2.24) is 5.32 Å². The van der Waals surface area contributed by atoms with Crippen molar-refractivity contribution in [3.8, 4) is 0 Å². The Morgan fingerprint density at radius 1 is 0.374 bits per heavy atom. The molecule has 12 unspecified atom stereocenters. The summed E-state index contributed by atoms with van der Waals surface area (Å²) in [5.41, 5.74) is 0. The Morgan fingerprint density at radius 2 is 0.707 bits per heavy atom. The van der Waals surface area contributed by atoms with Crippen molar-refractivity contribution in [2.45, 2.75) is 402 Å². The van der Waals surface area contributed by atoms with E-state index in [0.717, 1.165) is 83.5 Å². The summed E-state index contributed by atoms with van der Waals surface area (Å²) >= 11 is 0. The number of ether oxygens (including phenoxy) is 4. The zero-order valence-electron chi connectivity index (χ0n) is 62.7. The largest absolute Gasteiger partial charge is 0.394 e. The van der Waals surface area contributed by atoms with E-state index in [2.05, 4.69) is 116 Å². The van der Waals surface area contributed by atoms with Crippen LogP contribution in [-0.2, 0) is 23.7 Å². The Hall–Kier alpha value is -3.35. The number of allylic oxidation sites excluding steroid dienone is 17. The Morgan fingerprint density at radius 3 is 1.11 bits per heavy atom. The zero-order valence-corrected chi connectivity index (χ0v) is 62.7. The van der Waals surface area contributed by atoms with E-state index in [4.69, 9.17) is 18.9 Å². The number of hydrogen-bond donors (Lipinski definition) is 9. The van der Waals surface area contributed by atoms with Crippen LogP contribution < -0.4 is 5.32 Å². The number of unbranched alkanes of at least 4 members (excludes halogenated alkanes) is 38. The molecular formula is C85H149NO13. The zero-order chi connectivity index (χ0) is 71.5.